The summed E-state index contributed by atoms with van der Waals surface area (Å²) in [6.45, 7) is 5.40. The van der Waals surface area contributed by atoms with Crippen LogP contribution in [-0.2, 0) is 4.79 Å². The highest BCUT2D eigenvalue weighted by atomic mass is 16.5. The zero-order valence-corrected chi connectivity index (χ0v) is 16.2. The molecule has 146 valence electrons. The second-order valence-corrected chi connectivity index (χ2v) is 6.87. The van der Waals surface area contributed by atoms with E-state index >= 15 is 0 Å². The Morgan fingerprint density at radius 3 is 2.21 bits per heavy atom. The van der Waals surface area contributed by atoms with Gasteiger partial charge in [0.15, 0.2) is 0 Å². The maximum atomic E-state index is 12.9. The fourth-order valence-electron chi connectivity index (χ4n) is 3.35. The molecule has 1 aliphatic heterocycles. The summed E-state index contributed by atoms with van der Waals surface area (Å²) in [6, 6.07) is 14.2. The molecule has 0 saturated carbocycles. The van der Waals surface area contributed by atoms with Gasteiger partial charge < -0.3 is 14.5 Å². The van der Waals surface area contributed by atoms with Crippen molar-refractivity contribution < 1.29 is 19.1 Å². The molecule has 3 rings (SSSR count). The number of ether oxygens (including phenoxy) is 1. The molecule has 0 spiro atoms. The predicted molar refractivity (Wildman–Crippen MR) is 105 cm³/mol. The molecule has 0 unspecified atom stereocenters. The Morgan fingerprint density at radius 1 is 0.857 bits per heavy atom. The minimum absolute atomic E-state index is 0.00394. The summed E-state index contributed by atoms with van der Waals surface area (Å²) in [7, 11) is 0. The summed E-state index contributed by atoms with van der Waals surface area (Å²) in [5, 5.41) is 0. The van der Waals surface area contributed by atoms with Crippen molar-refractivity contribution in [2.45, 2.75) is 20.3 Å². The van der Waals surface area contributed by atoms with Gasteiger partial charge in [-0.2, -0.15) is 0 Å². The lowest BCUT2D eigenvalue weighted by Crippen LogP contribution is -2.37. The van der Waals surface area contributed by atoms with Gasteiger partial charge in [0.1, 0.15) is 5.75 Å². The topological polar surface area (TPSA) is 66.9 Å². The van der Waals surface area contributed by atoms with Crippen molar-refractivity contribution in [3.8, 4) is 5.75 Å². The van der Waals surface area contributed by atoms with Crippen LogP contribution in [0.3, 0.4) is 0 Å². The van der Waals surface area contributed by atoms with Gasteiger partial charge in [0.05, 0.1) is 0 Å². The Labute approximate surface area is 164 Å². The molecule has 0 N–H and O–H groups in total. The van der Waals surface area contributed by atoms with Crippen LogP contribution in [0.25, 0.3) is 0 Å². The molecule has 1 saturated heterocycles. The maximum Gasteiger partial charge on any atom is 0.308 e. The van der Waals surface area contributed by atoms with Crippen molar-refractivity contribution in [3.05, 3.63) is 65.2 Å². The van der Waals surface area contributed by atoms with Crippen LogP contribution in [0.5, 0.6) is 5.75 Å². The average molecular weight is 380 g/mol. The number of hydrogen-bond donors (Lipinski definition) is 0. The molecule has 2 amide bonds. The second-order valence-electron chi connectivity index (χ2n) is 6.87. The molecule has 1 heterocycles. The number of esters is 1. The van der Waals surface area contributed by atoms with E-state index in [4.69, 9.17) is 4.74 Å². The monoisotopic (exact) mass is 380 g/mol. The highest BCUT2D eigenvalue weighted by Gasteiger charge is 2.24. The summed E-state index contributed by atoms with van der Waals surface area (Å²) in [5.41, 5.74) is 2.13. The Kier molecular flexibility index (Phi) is 6.09. The molecular weight excluding hydrogens is 356 g/mol. The van der Waals surface area contributed by atoms with Crippen molar-refractivity contribution >= 4 is 17.8 Å². The van der Waals surface area contributed by atoms with Gasteiger partial charge >= 0.3 is 5.97 Å². The number of benzene rings is 2. The molecule has 1 aliphatic rings. The first-order valence-corrected chi connectivity index (χ1v) is 9.38. The molecule has 0 bridgehead atoms. The van der Waals surface area contributed by atoms with Crippen LogP contribution in [0.15, 0.2) is 48.5 Å². The number of amides is 2. The third kappa shape index (κ3) is 4.57. The molecule has 2 aromatic carbocycles. The molecule has 0 atom stereocenters. The van der Waals surface area contributed by atoms with Crippen LogP contribution in [0.1, 0.15) is 39.6 Å². The van der Waals surface area contributed by atoms with E-state index < -0.39 is 5.97 Å². The summed E-state index contributed by atoms with van der Waals surface area (Å²) < 4.78 is 5.06. The first-order chi connectivity index (χ1) is 13.5. The number of nitrogens with zero attached hydrogens (tertiary/aromatic N) is 2. The van der Waals surface area contributed by atoms with Gasteiger partial charge in [-0.15, -0.1) is 0 Å². The molecule has 0 radical (unpaired) electrons. The Bertz CT molecular complexity index is 894. The Morgan fingerprint density at radius 2 is 1.54 bits per heavy atom. The lowest BCUT2D eigenvalue weighted by Gasteiger charge is -2.23. The largest absolute Gasteiger partial charge is 0.427 e. The van der Waals surface area contributed by atoms with E-state index in [1.165, 1.54) is 6.92 Å². The normalized spacial score (nSPS) is 14.4. The van der Waals surface area contributed by atoms with Gasteiger partial charge in [-0.05, 0) is 43.2 Å². The highest BCUT2D eigenvalue weighted by molar-refractivity contribution is 5.96. The third-order valence-electron chi connectivity index (χ3n) is 4.79. The minimum atomic E-state index is -0.426. The first kappa shape index (κ1) is 19.6. The lowest BCUT2D eigenvalue weighted by molar-refractivity contribution is -0.131. The van der Waals surface area contributed by atoms with Crippen LogP contribution in [-0.4, -0.2) is 53.8 Å². The fraction of sp³-hybridized carbons (Fsp3) is 0.318. The molecule has 6 nitrogen and oxygen atoms in total. The average Bonchev–Trinajstić information content (AvgIpc) is 2.93. The summed E-state index contributed by atoms with van der Waals surface area (Å²) >= 11 is 0. The fourth-order valence-corrected chi connectivity index (χ4v) is 3.35. The minimum Gasteiger partial charge on any atom is -0.427 e. The van der Waals surface area contributed by atoms with Crippen LogP contribution < -0.4 is 4.74 Å². The standard InChI is InChI=1S/C22H24N2O4/c1-16-7-3-4-10-20(16)22(27)24-12-6-11-23(13-14-24)21(26)18-8-5-9-19(15-18)28-17(2)25/h3-5,7-10,15H,6,11-14H2,1-2H3. The van der Waals surface area contributed by atoms with Crippen molar-refractivity contribution in [3.63, 3.8) is 0 Å². The number of rotatable bonds is 3. The van der Waals surface area contributed by atoms with Gasteiger partial charge in [0.25, 0.3) is 11.8 Å². The van der Waals surface area contributed by atoms with E-state index in [0.717, 1.165) is 5.56 Å². The van der Waals surface area contributed by atoms with Crippen molar-refractivity contribution in [2.75, 3.05) is 26.2 Å². The van der Waals surface area contributed by atoms with Crippen LogP contribution in [0.4, 0.5) is 0 Å². The van der Waals surface area contributed by atoms with Crippen LogP contribution >= 0.6 is 0 Å². The zero-order valence-electron chi connectivity index (χ0n) is 16.2. The molecular formula is C22H24N2O4. The van der Waals surface area contributed by atoms with E-state index in [1.54, 1.807) is 29.2 Å². The van der Waals surface area contributed by atoms with Crippen molar-refractivity contribution in [1.82, 2.24) is 9.80 Å². The molecule has 1 fully saturated rings. The second kappa shape index (κ2) is 8.69. The summed E-state index contributed by atoms with van der Waals surface area (Å²) in [5.74, 6) is -0.197. The molecule has 0 aliphatic carbocycles. The predicted octanol–water partition coefficient (Wildman–Crippen LogP) is 2.91. The van der Waals surface area contributed by atoms with Gasteiger partial charge in [0, 0.05) is 44.2 Å². The highest BCUT2D eigenvalue weighted by Crippen LogP contribution is 2.17. The molecule has 6 heteroatoms. The summed E-state index contributed by atoms with van der Waals surface area (Å²) in [4.78, 5) is 40.4. The summed E-state index contributed by atoms with van der Waals surface area (Å²) in [6.07, 6.45) is 0.715. The van der Waals surface area contributed by atoms with E-state index in [1.807, 2.05) is 36.1 Å². The number of carbonyl (C=O) groups is 3. The molecule has 2 aromatic rings. The molecule has 28 heavy (non-hydrogen) atoms. The zero-order chi connectivity index (χ0) is 20.1. The van der Waals surface area contributed by atoms with E-state index in [0.29, 0.717) is 49.5 Å². The SMILES string of the molecule is CC(=O)Oc1cccc(C(=O)N2CCCN(C(=O)c3ccccc3C)CC2)c1. The van der Waals surface area contributed by atoms with E-state index in [9.17, 15) is 14.4 Å². The van der Waals surface area contributed by atoms with E-state index in [-0.39, 0.29) is 11.8 Å². The lowest BCUT2D eigenvalue weighted by atomic mass is 10.1. The van der Waals surface area contributed by atoms with Gasteiger partial charge in [-0.1, -0.05) is 24.3 Å². The van der Waals surface area contributed by atoms with Crippen LogP contribution in [0, 0.1) is 6.92 Å². The molecule has 0 aromatic heterocycles. The first-order valence-electron chi connectivity index (χ1n) is 9.38. The van der Waals surface area contributed by atoms with Gasteiger partial charge in [0.2, 0.25) is 0 Å². The number of aryl methyl sites for hydroxylation is 1. The van der Waals surface area contributed by atoms with Crippen molar-refractivity contribution in [2.24, 2.45) is 0 Å². The smallest absolute Gasteiger partial charge is 0.308 e. The maximum absolute atomic E-state index is 12.9. The quantitative estimate of drug-likeness (QED) is 0.607. The third-order valence-corrected chi connectivity index (χ3v) is 4.79. The van der Waals surface area contributed by atoms with Crippen molar-refractivity contribution in [1.29, 1.82) is 0 Å². The van der Waals surface area contributed by atoms with E-state index in [2.05, 4.69) is 0 Å². The number of carbonyl (C=O) groups excluding carboxylic acids is 3. The Balaban J connectivity index is 1.68. The van der Waals surface area contributed by atoms with Crippen LogP contribution in [0.2, 0.25) is 0 Å². The Hall–Kier alpha value is -3.15. The van der Waals surface area contributed by atoms with Gasteiger partial charge in [-0.25, -0.2) is 0 Å². The van der Waals surface area contributed by atoms with Gasteiger partial charge in [-0.3, -0.25) is 14.4 Å². The number of hydrogen-bond acceptors (Lipinski definition) is 4.